The van der Waals surface area contributed by atoms with E-state index in [-0.39, 0.29) is 12.1 Å². The van der Waals surface area contributed by atoms with Crippen LogP contribution < -0.4 is 0 Å². The van der Waals surface area contributed by atoms with Gasteiger partial charge in [-0.3, -0.25) is 4.79 Å². The summed E-state index contributed by atoms with van der Waals surface area (Å²) in [6.07, 6.45) is 1.11. The second-order valence-electron chi connectivity index (χ2n) is 4.33. The Bertz CT molecular complexity index is 335. The van der Waals surface area contributed by atoms with Gasteiger partial charge in [0.25, 0.3) is 0 Å². The van der Waals surface area contributed by atoms with Gasteiger partial charge in [-0.15, -0.1) is 0 Å². The second-order valence-corrected chi connectivity index (χ2v) is 4.33. The van der Waals surface area contributed by atoms with Crippen molar-refractivity contribution in [2.75, 3.05) is 20.6 Å². The van der Waals surface area contributed by atoms with Crippen LogP contribution in [0.1, 0.15) is 31.4 Å². The van der Waals surface area contributed by atoms with E-state index in [0.717, 1.165) is 18.5 Å². The lowest BCUT2D eigenvalue weighted by molar-refractivity contribution is -0.149. The van der Waals surface area contributed by atoms with Crippen molar-refractivity contribution in [1.82, 2.24) is 4.90 Å². The molecule has 0 aliphatic heterocycles. The number of carbonyl (C=O) groups excluding carboxylic acids is 1. The molecule has 0 aliphatic carbocycles. The number of benzene rings is 1. The number of rotatable bonds is 6. The van der Waals surface area contributed by atoms with E-state index in [0.29, 0.717) is 6.42 Å². The molecule has 0 spiro atoms. The summed E-state index contributed by atoms with van der Waals surface area (Å²) in [5.74, 6) is -0.141. The fourth-order valence-electron chi connectivity index (χ4n) is 1.58. The predicted octanol–water partition coefficient (Wildman–Crippen LogP) is 2.63. The van der Waals surface area contributed by atoms with Gasteiger partial charge in [-0.2, -0.15) is 0 Å². The lowest BCUT2D eigenvalue weighted by Crippen LogP contribution is -2.19. The fourth-order valence-corrected chi connectivity index (χ4v) is 1.58. The number of esters is 1. The summed E-state index contributed by atoms with van der Waals surface area (Å²) in [7, 11) is 4.04. The SMILES string of the molecule is CCC(=O)O[C@@H](CCN(C)C)c1ccccc1. The quantitative estimate of drug-likeness (QED) is 0.710. The van der Waals surface area contributed by atoms with Crippen LogP contribution in [0.3, 0.4) is 0 Å². The molecule has 1 aromatic carbocycles. The Morgan fingerprint density at radius 2 is 1.94 bits per heavy atom. The third-order valence-electron chi connectivity index (χ3n) is 2.57. The molecule has 0 saturated heterocycles. The van der Waals surface area contributed by atoms with Gasteiger partial charge in [0.2, 0.25) is 0 Å². The molecule has 0 fully saturated rings. The minimum absolute atomic E-state index is 0.133. The highest BCUT2D eigenvalue weighted by atomic mass is 16.5. The first-order chi connectivity index (χ1) is 8.13. The summed E-state index contributed by atoms with van der Waals surface area (Å²) in [5, 5.41) is 0. The highest BCUT2D eigenvalue weighted by Gasteiger charge is 2.15. The van der Waals surface area contributed by atoms with Gasteiger partial charge in [-0.25, -0.2) is 0 Å². The molecule has 17 heavy (non-hydrogen) atoms. The van der Waals surface area contributed by atoms with Gasteiger partial charge in [-0.1, -0.05) is 37.3 Å². The number of ether oxygens (including phenoxy) is 1. The molecule has 94 valence electrons. The van der Waals surface area contributed by atoms with Crippen LogP contribution in [0.25, 0.3) is 0 Å². The molecule has 0 N–H and O–H groups in total. The van der Waals surface area contributed by atoms with Gasteiger partial charge in [-0.05, 0) is 19.7 Å². The van der Waals surface area contributed by atoms with E-state index in [1.54, 1.807) is 0 Å². The summed E-state index contributed by atoms with van der Waals surface area (Å²) in [4.78, 5) is 13.5. The first kappa shape index (κ1) is 13.7. The van der Waals surface area contributed by atoms with Crippen LogP contribution >= 0.6 is 0 Å². The molecule has 1 atom stereocenters. The van der Waals surface area contributed by atoms with Crippen molar-refractivity contribution in [2.24, 2.45) is 0 Å². The van der Waals surface area contributed by atoms with Gasteiger partial charge >= 0.3 is 5.97 Å². The molecular formula is C14H21NO2. The monoisotopic (exact) mass is 235 g/mol. The zero-order valence-corrected chi connectivity index (χ0v) is 10.8. The smallest absolute Gasteiger partial charge is 0.306 e. The van der Waals surface area contributed by atoms with Gasteiger partial charge in [0.1, 0.15) is 6.10 Å². The number of carbonyl (C=O) groups is 1. The molecule has 0 aliphatic rings. The van der Waals surface area contributed by atoms with E-state index in [2.05, 4.69) is 4.90 Å². The third-order valence-corrected chi connectivity index (χ3v) is 2.57. The average molecular weight is 235 g/mol. The number of hydrogen-bond donors (Lipinski definition) is 0. The Morgan fingerprint density at radius 3 is 2.47 bits per heavy atom. The minimum Gasteiger partial charge on any atom is -0.457 e. The fraction of sp³-hybridized carbons (Fsp3) is 0.500. The van der Waals surface area contributed by atoms with Gasteiger partial charge in [0, 0.05) is 19.4 Å². The van der Waals surface area contributed by atoms with Crippen LogP contribution in [0.15, 0.2) is 30.3 Å². The van der Waals surface area contributed by atoms with Crippen LogP contribution in [0.2, 0.25) is 0 Å². The zero-order chi connectivity index (χ0) is 12.7. The molecule has 0 unspecified atom stereocenters. The maximum absolute atomic E-state index is 11.4. The molecular weight excluding hydrogens is 214 g/mol. The molecule has 1 rings (SSSR count). The minimum atomic E-state index is -0.141. The van der Waals surface area contributed by atoms with Crippen molar-refractivity contribution in [3.05, 3.63) is 35.9 Å². The molecule has 0 aromatic heterocycles. The Balaban J connectivity index is 2.68. The Hall–Kier alpha value is -1.35. The van der Waals surface area contributed by atoms with E-state index < -0.39 is 0 Å². The standard InChI is InChI=1S/C14H21NO2/c1-4-14(16)17-13(10-11-15(2)3)12-8-6-5-7-9-12/h5-9,13H,4,10-11H2,1-3H3/t13-/m0/s1. The molecule has 3 nitrogen and oxygen atoms in total. The van der Waals surface area contributed by atoms with Gasteiger partial charge in [0.05, 0.1) is 0 Å². The third kappa shape index (κ3) is 5.00. The van der Waals surface area contributed by atoms with Gasteiger partial charge < -0.3 is 9.64 Å². The molecule has 0 amide bonds. The van der Waals surface area contributed by atoms with Crippen LogP contribution in [0.5, 0.6) is 0 Å². The summed E-state index contributed by atoms with van der Waals surface area (Å²) < 4.78 is 5.47. The highest BCUT2D eigenvalue weighted by molar-refractivity contribution is 5.69. The Kier molecular flexibility index (Phi) is 5.70. The molecule has 3 heteroatoms. The van der Waals surface area contributed by atoms with Crippen LogP contribution in [0, 0.1) is 0 Å². The summed E-state index contributed by atoms with van der Waals surface area (Å²) in [6, 6.07) is 9.91. The molecule has 1 aromatic rings. The molecule has 0 heterocycles. The Labute approximate surface area is 103 Å². The number of hydrogen-bond acceptors (Lipinski definition) is 3. The van der Waals surface area contributed by atoms with Crippen molar-refractivity contribution in [2.45, 2.75) is 25.9 Å². The largest absolute Gasteiger partial charge is 0.457 e. The van der Waals surface area contributed by atoms with E-state index in [9.17, 15) is 4.79 Å². The average Bonchev–Trinajstić information content (AvgIpc) is 2.35. The van der Waals surface area contributed by atoms with Crippen LogP contribution in [-0.2, 0) is 9.53 Å². The van der Waals surface area contributed by atoms with E-state index in [4.69, 9.17) is 4.74 Å². The van der Waals surface area contributed by atoms with Gasteiger partial charge in [0.15, 0.2) is 0 Å². The molecule has 0 saturated carbocycles. The van der Waals surface area contributed by atoms with Crippen molar-refractivity contribution in [3.63, 3.8) is 0 Å². The van der Waals surface area contributed by atoms with Crippen molar-refractivity contribution < 1.29 is 9.53 Å². The summed E-state index contributed by atoms with van der Waals surface area (Å²) >= 11 is 0. The van der Waals surface area contributed by atoms with E-state index in [1.165, 1.54) is 0 Å². The number of nitrogens with zero attached hydrogens (tertiary/aromatic N) is 1. The van der Waals surface area contributed by atoms with Crippen molar-refractivity contribution in [1.29, 1.82) is 0 Å². The topological polar surface area (TPSA) is 29.5 Å². The second kappa shape index (κ2) is 7.07. The summed E-state index contributed by atoms with van der Waals surface area (Å²) in [5.41, 5.74) is 1.07. The predicted molar refractivity (Wildman–Crippen MR) is 68.7 cm³/mol. The normalized spacial score (nSPS) is 12.5. The van der Waals surface area contributed by atoms with Crippen LogP contribution in [0.4, 0.5) is 0 Å². The zero-order valence-electron chi connectivity index (χ0n) is 10.8. The molecule has 0 radical (unpaired) electrons. The highest BCUT2D eigenvalue weighted by Crippen LogP contribution is 2.21. The van der Waals surface area contributed by atoms with Crippen molar-refractivity contribution in [3.8, 4) is 0 Å². The van der Waals surface area contributed by atoms with Crippen molar-refractivity contribution >= 4 is 5.97 Å². The Morgan fingerprint density at radius 1 is 1.29 bits per heavy atom. The first-order valence-electron chi connectivity index (χ1n) is 6.02. The lowest BCUT2D eigenvalue weighted by Gasteiger charge is -2.20. The molecule has 0 bridgehead atoms. The maximum Gasteiger partial charge on any atom is 0.306 e. The maximum atomic E-state index is 11.4. The van der Waals surface area contributed by atoms with E-state index >= 15 is 0 Å². The first-order valence-corrected chi connectivity index (χ1v) is 6.02. The van der Waals surface area contributed by atoms with Crippen LogP contribution in [-0.4, -0.2) is 31.5 Å². The van der Waals surface area contributed by atoms with E-state index in [1.807, 2.05) is 51.4 Å². The lowest BCUT2D eigenvalue weighted by atomic mass is 10.1. The summed E-state index contributed by atoms with van der Waals surface area (Å²) in [6.45, 7) is 2.72.